The molecule has 0 radical (unpaired) electrons. The maximum Gasteiger partial charge on any atom is 0.267 e. The second-order valence-corrected chi connectivity index (χ2v) is 7.55. The third kappa shape index (κ3) is 5.23. The monoisotopic (exact) mass is 403 g/mol. The predicted octanol–water partition coefficient (Wildman–Crippen LogP) is 5.34. The number of hydrogen-bond donors (Lipinski definition) is 1. The van der Waals surface area contributed by atoms with Crippen LogP contribution in [0, 0.1) is 11.3 Å². The summed E-state index contributed by atoms with van der Waals surface area (Å²) in [5, 5.41) is 12.5. The first-order chi connectivity index (χ1) is 14.5. The minimum absolute atomic E-state index is 0.138. The Morgan fingerprint density at radius 2 is 1.80 bits per heavy atom. The van der Waals surface area contributed by atoms with E-state index in [9.17, 15) is 4.79 Å². The van der Waals surface area contributed by atoms with E-state index in [4.69, 9.17) is 10.1 Å². The van der Waals surface area contributed by atoms with Gasteiger partial charge in [-0.3, -0.25) is 4.79 Å². The fourth-order valence-corrected chi connectivity index (χ4v) is 3.24. The molecule has 0 saturated heterocycles. The normalized spacial score (nSPS) is 11.8. The van der Waals surface area contributed by atoms with Gasteiger partial charge in [0.25, 0.3) is 5.56 Å². The molecule has 0 saturated carbocycles. The summed E-state index contributed by atoms with van der Waals surface area (Å²) < 4.78 is 7.21. The van der Waals surface area contributed by atoms with Crippen LogP contribution in [0.1, 0.15) is 33.1 Å². The summed E-state index contributed by atoms with van der Waals surface area (Å²) in [5.74, 6) is 1.14. The maximum atomic E-state index is 12.2. The lowest BCUT2D eigenvalue weighted by molar-refractivity contribution is 0.313. The van der Waals surface area contributed by atoms with Gasteiger partial charge in [0.1, 0.15) is 5.75 Å². The van der Waals surface area contributed by atoms with E-state index in [1.807, 2.05) is 54.6 Å². The van der Waals surface area contributed by atoms with Gasteiger partial charge in [0, 0.05) is 30.0 Å². The number of nitrogens with zero attached hydrogens (tertiary/aromatic N) is 2. The quantitative estimate of drug-likeness (QED) is 0.387. The van der Waals surface area contributed by atoms with Crippen LogP contribution in [-0.2, 0) is 7.05 Å². The SMILES string of the molecule is CC[C@@H](C)C(=N)CCCOc1ccc(-c2nn(C)c(=O)cc2-c2ccccc2)cc1. The second kappa shape index (κ2) is 10.0. The zero-order valence-corrected chi connectivity index (χ0v) is 17.9. The number of benzene rings is 2. The molecule has 0 unspecified atom stereocenters. The second-order valence-electron chi connectivity index (χ2n) is 7.55. The molecule has 5 nitrogen and oxygen atoms in total. The van der Waals surface area contributed by atoms with Gasteiger partial charge in [-0.1, -0.05) is 44.2 Å². The number of hydrogen-bond acceptors (Lipinski definition) is 4. The first kappa shape index (κ1) is 21.5. The van der Waals surface area contributed by atoms with Gasteiger partial charge in [0.15, 0.2) is 0 Å². The summed E-state index contributed by atoms with van der Waals surface area (Å²) in [6, 6.07) is 19.2. The van der Waals surface area contributed by atoms with Crippen molar-refractivity contribution in [1.82, 2.24) is 9.78 Å². The molecule has 1 aromatic heterocycles. The van der Waals surface area contributed by atoms with Gasteiger partial charge in [0.2, 0.25) is 0 Å². The molecule has 0 aliphatic heterocycles. The van der Waals surface area contributed by atoms with E-state index in [2.05, 4.69) is 18.9 Å². The van der Waals surface area contributed by atoms with Gasteiger partial charge in [-0.15, -0.1) is 0 Å². The summed E-state index contributed by atoms with van der Waals surface area (Å²) >= 11 is 0. The van der Waals surface area contributed by atoms with Crippen molar-refractivity contribution in [2.24, 2.45) is 13.0 Å². The summed E-state index contributed by atoms with van der Waals surface area (Å²) in [7, 11) is 1.66. The highest BCUT2D eigenvalue weighted by atomic mass is 16.5. The number of aryl methyl sites for hydroxylation is 1. The van der Waals surface area contributed by atoms with Crippen LogP contribution in [0.2, 0.25) is 0 Å². The molecular formula is C25H29N3O2. The van der Waals surface area contributed by atoms with Crippen molar-refractivity contribution in [3.8, 4) is 28.1 Å². The van der Waals surface area contributed by atoms with Gasteiger partial charge in [-0.05, 0) is 55.0 Å². The van der Waals surface area contributed by atoms with Crippen LogP contribution in [0.4, 0.5) is 0 Å². The Kier molecular flexibility index (Phi) is 7.17. The molecule has 2 aromatic carbocycles. The van der Waals surface area contributed by atoms with Crippen LogP contribution in [0.15, 0.2) is 65.5 Å². The fourth-order valence-electron chi connectivity index (χ4n) is 3.24. The van der Waals surface area contributed by atoms with Crippen LogP contribution in [-0.4, -0.2) is 22.1 Å². The van der Waals surface area contributed by atoms with Gasteiger partial charge in [0.05, 0.1) is 12.3 Å². The topological polar surface area (TPSA) is 68.0 Å². The smallest absolute Gasteiger partial charge is 0.267 e. The molecule has 0 aliphatic rings. The Balaban J connectivity index is 1.73. The summed E-state index contributed by atoms with van der Waals surface area (Å²) in [4.78, 5) is 12.2. The first-order valence-corrected chi connectivity index (χ1v) is 10.4. The van der Waals surface area contributed by atoms with E-state index in [0.717, 1.165) is 53.1 Å². The van der Waals surface area contributed by atoms with Crippen molar-refractivity contribution in [1.29, 1.82) is 5.41 Å². The van der Waals surface area contributed by atoms with Crippen LogP contribution in [0.5, 0.6) is 5.75 Å². The molecule has 0 bridgehead atoms. The molecule has 3 aromatic rings. The van der Waals surface area contributed by atoms with Crippen molar-refractivity contribution < 1.29 is 4.74 Å². The van der Waals surface area contributed by atoms with Crippen LogP contribution in [0.25, 0.3) is 22.4 Å². The highest BCUT2D eigenvalue weighted by molar-refractivity contribution is 5.83. The van der Waals surface area contributed by atoms with Crippen LogP contribution in [0.3, 0.4) is 0 Å². The number of ether oxygens (including phenoxy) is 1. The maximum absolute atomic E-state index is 12.2. The Morgan fingerprint density at radius 1 is 1.10 bits per heavy atom. The largest absolute Gasteiger partial charge is 0.494 e. The van der Waals surface area contributed by atoms with E-state index in [-0.39, 0.29) is 5.56 Å². The third-order valence-corrected chi connectivity index (χ3v) is 5.37. The van der Waals surface area contributed by atoms with E-state index in [0.29, 0.717) is 12.5 Å². The molecule has 5 heteroatoms. The van der Waals surface area contributed by atoms with Crippen molar-refractivity contribution in [3.05, 3.63) is 71.0 Å². The Labute approximate surface area is 177 Å². The Hall–Kier alpha value is -3.21. The van der Waals surface area contributed by atoms with Gasteiger partial charge >= 0.3 is 0 Å². The van der Waals surface area contributed by atoms with E-state index in [1.165, 1.54) is 4.68 Å². The minimum atomic E-state index is -0.138. The summed E-state index contributed by atoms with van der Waals surface area (Å²) in [6.07, 6.45) is 2.62. The molecule has 1 heterocycles. The van der Waals surface area contributed by atoms with Crippen molar-refractivity contribution in [2.75, 3.05) is 6.61 Å². The molecule has 30 heavy (non-hydrogen) atoms. The molecule has 3 rings (SSSR count). The van der Waals surface area contributed by atoms with Crippen molar-refractivity contribution >= 4 is 5.71 Å². The highest BCUT2D eigenvalue weighted by Gasteiger charge is 2.12. The fraction of sp³-hybridized carbons (Fsp3) is 0.320. The highest BCUT2D eigenvalue weighted by Crippen LogP contribution is 2.30. The zero-order valence-electron chi connectivity index (χ0n) is 17.9. The first-order valence-electron chi connectivity index (χ1n) is 10.4. The van der Waals surface area contributed by atoms with E-state index < -0.39 is 0 Å². The summed E-state index contributed by atoms with van der Waals surface area (Å²) in [6.45, 7) is 4.80. The molecule has 1 N–H and O–H groups in total. The third-order valence-electron chi connectivity index (χ3n) is 5.37. The lowest BCUT2D eigenvalue weighted by Crippen LogP contribution is -2.19. The molecule has 0 aliphatic carbocycles. The van der Waals surface area contributed by atoms with Crippen LogP contribution >= 0.6 is 0 Å². The number of nitrogens with one attached hydrogen (secondary N) is 1. The molecule has 0 amide bonds. The molecular weight excluding hydrogens is 374 g/mol. The number of rotatable bonds is 9. The molecule has 0 spiro atoms. The zero-order chi connectivity index (χ0) is 21.5. The minimum Gasteiger partial charge on any atom is -0.494 e. The van der Waals surface area contributed by atoms with Gasteiger partial charge < -0.3 is 10.1 Å². The summed E-state index contributed by atoms with van der Waals surface area (Å²) in [5.41, 5.74) is 4.12. The van der Waals surface area contributed by atoms with Gasteiger partial charge in [-0.2, -0.15) is 5.10 Å². The average molecular weight is 404 g/mol. The lowest BCUT2D eigenvalue weighted by Gasteiger charge is -2.12. The van der Waals surface area contributed by atoms with E-state index >= 15 is 0 Å². The number of aromatic nitrogens is 2. The van der Waals surface area contributed by atoms with Crippen molar-refractivity contribution in [3.63, 3.8) is 0 Å². The Bertz CT molecular complexity index is 1040. The lowest BCUT2D eigenvalue weighted by atomic mass is 9.99. The standard InChI is InChI=1S/C25H29N3O2/c1-4-18(2)23(26)11-8-16-30-21-14-12-20(13-15-21)25-22(17-24(29)28(3)27-25)19-9-6-5-7-10-19/h5-7,9-10,12-15,17-18,26H,4,8,11,16H2,1-3H3/t18-/m1/s1. The van der Waals surface area contributed by atoms with Gasteiger partial charge in [-0.25, -0.2) is 4.68 Å². The average Bonchev–Trinajstić information content (AvgIpc) is 2.78. The molecule has 156 valence electrons. The predicted molar refractivity (Wildman–Crippen MR) is 122 cm³/mol. The molecule has 1 atom stereocenters. The molecule has 0 fully saturated rings. The van der Waals surface area contributed by atoms with Crippen LogP contribution < -0.4 is 10.3 Å². The Morgan fingerprint density at radius 3 is 2.47 bits per heavy atom. The van der Waals surface area contributed by atoms with Crippen molar-refractivity contribution in [2.45, 2.75) is 33.1 Å². The van der Waals surface area contributed by atoms with E-state index in [1.54, 1.807) is 13.1 Å².